The SMILES string of the molecule is O=C(NCCCNS(=O)(=O)c1ccc2ccccc2c1)[C@@H](O)[C@@H](O)[C@@H](O)[C@@H](O)CO. The molecule has 0 saturated carbocycles. The maximum Gasteiger partial charge on any atom is 0.251 e. The third kappa shape index (κ3) is 6.19. The lowest BCUT2D eigenvalue weighted by Crippen LogP contribution is -2.51. The number of sulfonamides is 1. The van der Waals surface area contributed by atoms with Crippen molar-refractivity contribution in [1.29, 1.82) is 0 Å². The Morgan fingerprint density at radius 3 is 2.27 bits per heavy atom. The van der Waals surface area contributed by atoms with Crippen molar-refractivity contribution in [3.8, 4) is 0 Å². The Balaban J connectivity index is 1.80. The van der Waals surface area contributed by atoms with Gasteiger partial charge >= 0.3 is 0 Å². The van der Waals surface area contributed by atoms with Crippen LogP contribution in [0.3, 0.4) is 0 Å². The summed E-state index contributed by atoms with van der Waals surface area (Å²) in [6.07, 6.45) is -7.46. The molecule has 0 aliphatic heterocycles. The number of benzene rings is 2. The van der Waals surface area contributed by atoms with Crippen molar-refractivity contribution >= 4 is 26.7 Å². The fourth-order valence-electron chi connectivity index (χ4n) is 2.71. The molecule has 166 valence electrons. The molecule has 2 rings (SSSR count). The number of aliphatic hydroxyl groups is 5. The molecule has 2 aromatic rings. The summed E-state index contributed by atoms with van der Waals surface area (Å²) in [7, 11) is -3.74. The van der Waals surface area contributed by atoms with E-state index in [9.17, 15) is 33.6 Å². The largest absolute Gasteiger partial charge is 0.394 e. The van der Waals surface area contributed by atoms with E-state index in [2.05, 4.69) is 10.0 Å². The standard InChI is InChI=1S/C19H26N2O8S/c22-11-15(23)16(24)17(25)18(26)19(27)20-8-3-9-21-30(28,29)14-7-6-12-4-1-2-5-13(12)10-14/h1-2,4-7,10,15-18,21-26H,3,8-9,11H2,(H,20,27)/t15-,16-,17-,18-/m0/s1. The highest BCUT2D eigenvalue weighted by molar-refractivity contribution is 7.89. The zero-order chi connectivity index (χ0) is 22.3. The number of hydrogen-bond donors (Lipinski definition) is 7. The Hall–Kier alpha value is -2.12. The molecule has 1 amide bonds. The van der Waals surface area contributed by atoms with Gasteiger partial charge in [-0.3, -0.25) is 4.79 Å². The average Bonchev–Trinajstić information content (AvgIpc) is 2.76. The molecule has 7 N–H and O–H groups in total. The Labute approximate surface area is 173 Å². The van der Waals surface area contributed by atoms with Gasteiger partial charge < -0.3 is 30.8 Å². The monoisotopic (exact) mass is 442 g/mol. The summed E-state index contributed by atoms with van der Waals surface area (Å²) < 4.78 is 27.2. The lowest BCUT2D eigenvalue weighted by molar-refractivity contribution is -0.148. The van der Waals surface area contributed by atoms with Gasteiger partial charge in [-0.2, -0.15) is 0 Å². The first-order valence-corrected chi connectivity index (χ1v) is 10.7. The first-order chi connectivity index (χ1) is 14.2. The van der Waals surface area contributed by atoms with Gasteiger partial charge in [-0.1, -0.05) is 30.3 Å². The highest BCUT2D eigenvalue weighted by Gasteiger charge is 2.33. The predicted octanol–water partition coefficient (Wildman–Crippen LogP) is -1.94. The second-order valence-corrected chi connectivity index (χ2v) is 8.49. The minimum absolute atomic E-state index is 0.0124. The van der Waals surface area contributed by atoms with Crippen LogP contribution in [0.4, 0.5) is 0 Å². The summed E-state index contributed by atoms with van der Waals surface area (Å²) in [6.45, 7) is -0.856. The van der Waals surface area contributed by atoms with Gasteiger partial charge in [0, 0.05) is 13.1 Å². The van der Waals surface area contributed by atoms with Crippen molar-refractivity contribution in [2.24, 2.45) is 0 Å². The first kappa shape index (κ1) is 24.2. The summed E-state index contributed by atoms with van der Waals surface area (Å²) in [5, 5.41) is 50.8. The summed E-state index contributed by atoms with van der Waals surface area (Å²) in [5.74, 6) is -1.01. The van der Waals surface area contributed by atoms with Gasteiger partial charge in [0.2, 0.25) is 10.0 Å². The van der Waals surface area contributed by atoms with Crippen LogP contribution in [-0.4, -0.2) is 84.0 Å². The number of nitrogens with one attached hydrogen (secondary N) is 2. The van der Waals surface area contributed by atoms with Crippen LogP contribution in [-0.2, 0) is 14.8 Å². The normalized spacial score (nSPS) is 16.0. The molecule has 11 heteroatoms. The van der Waals surface area contributed by atoms with Crippen LogP contribution in [0.2, 0.25) is 0 Å². The quantitative estimate of drug-likeness (QED) is 0.197. The van der Waals surface area contributed by atoms with Crippen molar-refractivity contribution < 1.29 is 38.7 Å². The Morgan fingerprint density at radius 1 is 0.933 bits per heavy atom. The van der Waals surface area contributed by atoms with E-state index in [0.717, 1.165) is 10.8 Å². The third-order valence-electron chi connectivity index (χ3n) is 4.50. The third-order valence-corrected chi connectivity index (χ3v) is 5.96. The minimum Gasteiger partial charge on any atom is -0.394 e. The van der Waals surface area contributed by atoms with Gasteiger partial charge in [-0.25, -0.2) is 13.1 Å². The fourth-order valence-corrected chi connectivity index (χ4v) is 3.82. The summed E-state index contributed by atoms with van der Waals surface area (Å²) >= 11 is 0. The first-order valence-electron chi connectivity index (χ1n) is 9.26. The molecule has 0 radical (unpaired) electrons. The summed E-state index contributed by atoms with van der Waals surface area (Å²) in [6, 6.07) is 12.1. The summed E-state index contributed by atoms with van der Waals surface area (Å²) in [5.41, 5.74) is 0. The van der Waals surface area contributed by atoms with Crippen LogP contribution < -0.4 is 10.0 Å². The number of rotatable bonds is 11. The Kier molecular flexibility index (Phi) is 8.67. The molecule has 0 unspecified atom stereocenters. The molecule has 0 bridgehead atoms. The Morgan fingerprint density at radius 2 is 1.60 bits per heavy atom. The van der Waals surface area contributed by atoms with E-state index in [1.54, 1.807) is 18.2 Å². The second kappa shape index (κ2) is 10.8. The topological polar surface area (TPSA) is 176 Å². The van der Waals surface area contributed by atoms with Crippen molar-refractivity contribution in [2.45, 2.75) is 35.7 Å². The molecule has 0 saturated heterocycles. The maximum absolute atomic E-state index is 12.4. The van der Waals surface area contributed by atoms with E-state index in [-0.39, 0.29) is 24.4 Å². The number of fused-ring (bicyclic) bond motifs is 1. The number of amides is 1. The van der Waals surface area contributed by atoms with E-state index < -0.39 is 47.0 Å². The summed E-state index contributed by atoms with van der Waals surface area (Å²) in [4.78, 5) is 11.9. The number of carbonyl (C=O) groups is 1. The smallest absolute Gasteiger partial charge is 0.251 e. The molecule has 0 spiro atoms. The van der Waals surface area contributed by atoms with Crippen LogP contribution in [0.1, 0.15) is 6.42 Å². The van der Waals surface area contributed by atoms with Crippen LogP contribution in [0.5, 0.6) is 0 Å². The van der Waals surface area contributed by atoms with Crippen LogP contribution in [0.25, 0.3) is 10.8 Å². The highest BCUT2D eigenvalue weighted by atomic mass is 32.2. The van der Waals surface area contributed by atoms with Crippen molar-refractivity contribution in [3.63, 3.8) is 0 Å². The predicted molar refractivity (Wildman–Crippen MR) is 108 cm³/mol. The molecular formula is C19H26N2O8S. The van der Waals surface area contributed by atoms with Gasteiger partial charge in [0.1, 0.15) is 18.3 Å². The van der Waals surface area contributed by atoms with Crippen LogP contribution in [0.15, 0.2) is 47.4 Å². The highest BCUT2D eigenvalue weighted by Crippen LogP contribution is 2.18. The van der Waals surface area contributed by atoms with Crippen molar-refractivity contribution in [3.05, 3.63) is 42.5 Å². The molecule has 0 fully saturated rings. The lowest BCUT2D eigenvalue weighted by Gasteiger charge is -2.24. The van der Waals surface area contributed by atoms with Gasteiger partial charge in [0.15, 0.2) is 6.10 Å². The van der Waals surface area contributed by atoms with Crippen molar-refractivity contribution in [1.82, 2.24) is 10.0 Å². The average molecular weight is 442 g/mol. The van der Waals surface area contributed by atoms with E-state index in [0.29, 0.717) is 0 Å². The van der Waals surface area contributed by atoms with E-state index in [1.807, 2.05) is 18.2 Å². The molecule has 0 aliphatic rings. The second-order valence-electron chi connectivity index (χ2n) is 6.73. The molecule has 4 atom stereocenters. The van der Waals surface area contributed by atoms with Crippen molar-refractivity contribution in [2.75, 3.05) is 19.7 Å². The van der Waals surface area contributed by atoms with E-state index in [4.69, 9.17) is 5.11 Å². The molecule has 0 heterocycles. The zero-order valence-electron chi connectivity index (χ0n) is 16.0. The van der Waals surface area contributed by atoms with E-state index in [1.165, 1.54) is 6.07 Å². The fraction of sp³-hybridized carbons (Fsp3) is 0.421. The minimum atomic E-state index is -3.74. The lowest BCUT2D eigenvalue weighted by atomic mass is 10.0. The van der Waals surface area contributed by atoms with Crippen LogP contribution in [0, 0.1) is 0 Å². The van der Waals surface area contributed by atoms with Gasteiger partial charge in [0.05, 0.1) is 11.5 Å². The number of hydrogen-bond acceptors (Lipinski definition) is 8. The number of aliphatic hydroxyl groups excluding tert-OH is 5. The van der Waals surface area contributed by atoms with Crippen LogP contribution >= 0.6 is 0 Å². The zero-order valence-corrected chi connectivity index (χ0v) is 16.9. The van der Waals surface area contributed by atoms with E-state index >= 15 is 0 Å². The maximum atomic E-state index is 12.4. The van der Waals surface area contributed by atoms with Gasteiger partial charge in [0.25, 0.3) is 5.91 Å². The molecule has 0 aromatic heterocycles. The van der Waals surface area contributed by atoms with Gasteiger partial charge in [-0.05, 0) is 29.3 Å². The molecule has 30 heavy (non-hydrogen) atoms. The molecule has 10 nitrogen and oxygen atoms in total. The van der Waals surface area contributed by atoms with Gasteiger partial charge in [-0.15, -0.1) is 0 Å². The Bertz CT molecular complexity index is 952. The molecule has 0 aliphatic carbocycles. The number of carbonyl (C=O) groups excluding carboxylic acids is 1. The molecule has 2 aromatic carbocycles. The molecular weight excluding hydrogens is 416 g/mol.